The van der Waals surface area contributed by atoms with Crippen LogP contribution in [0.5, 0.6) is 5.88 Å². The Balaban J connectivity index is 1.35. The van der Waals surface area contributed by atoms with Crippen LogP contribution in [-0.4, -0.2) is 39.5 Å². The summed E-state index contributed by atoms with van der Waals surface area (Å²) in [5.74, 6) is 0.469. The number of ether oxygens (including phenoxy) is 1. The highest BCUT2D eigenvalue weighted by Gasteiger charge is 2.45. The zero-order chi connectivity index (χ0) is 22.4. The molecule has 2 aromatic heterocycles. The quantitative estimate of drug-likeness (QED) is 0.502. The number of piperidine rings is 1. The summed E-state index contributed by atoms with van der Waals surface area (Å²) in [4.78, 5) is 23.4. The minimum absolute atomic E-state index is 0.0444. The second-order valence-corrected chi connectivity index (χ2v) is 8.94. The fraction of sp³-hybridized carbons (Fsp3) is 0.259. The number of aromatic amines is 1. The standard InChI is InChI=1S/C27H24FN3O2/c28-18-10-8-17(9-11-18)13-26(32)31-16-24(33-25-7-3-4-12-29-25)22-15-19(31)14-21-20-5-1-2-6-23(20)30-27(21)22/h1-12,19,22,24,30H,13-16H2/t19-,22+,24-/m0/s1. The van der Waals surface area contributed by atoms with Crippen LogP contribution < -0.4 is 4.74 Å². The number of nitrogens with one attached hydrogen (secondary N) is 1. The SMILES string of the molecule is O=C(Cc1ccc(F)cc1)N1C[C@H](Oc2ccccn2)[C@H]2C[C@@H]1Cc1c2[nH]c2ccccc12. The molecule has 1 N–H and O–H groups in total. The van der Waals surface area contributed by atoms with Gasteiger partial charge in [-0.2, -0.15) is 0 Å². The third-order valence-corrected chi connectivity index (χ3v) is 6.95. The van der Waals surface area contributed by atoms with E-state index in [0.29, 0.717) is 12.4 Å². The van der Waals surface area contributed by atoms with Gasteiger partial charge in [0, 0.05) is 40.8 Å². The van der Waals surface area contributed by atoms with Gasteiger partial charge in [0.15, 0.2) is 0 Å². The lowest BCUT2D eigenvalue weighted by molar-refractivity contribution is -0.137. The second kappa shape index (κ2) is 8.03. The molecule has 2 aromatic carbocycles. The molecule has 166 valence electrons. The first-order valence-corrected chi connectivity index (χ1v) is 11.4. The summed E-state index contributed by atoms with van der Waals surface area (Å²) in [7, 11) is 0. The number of likely N-dealkylation sites (tertiary alicyclic amines) is 1. The summed E-state index contributed by atoms with van der Waals surface area (Å²) in [5, 5.41) is 1.21. The molecule has 2 bridgehead atoms. The molecule has 1 amide bonds. The van der Waals surface area contributed by atoms with E-state index in [1.165, 1.54) is 28.8 Å². The molecule has 4 aromatic rings. The number of amides is 1. The normalized spacial score (nSPS) is 21.6. The lowest BCUT2D eigenvalue weighted by Gasteiger charge is -2.46. The Bertz CT molecular complexity index is 1300. The lowest BCUT2D eigenvalue weighted by Crippen LogP contribution is -2.56. The van der Waals surface area contributed by atoms with Gasteiger partial charge in [0.05, 0.1) is 13.0 Å². The van der Waals surface area contributed by atoms with Crippen LogP contribution in [0.1, 0.15) is 29.2 Å². The van der Waals surface area contributed by atoms with Gasteiger partial charge < -0.3 is 14.6 Å². The Morgan fingerprint density at radius 3 is 2.73 bits per heavy atom. The molecule has 0 unspecified atom stereocenters. The van der Waals surface area contributed by atoms with Crippen LogP contribution in [0.4, 0.5) is 4.39 Å². The molecule has 5 nitrogen and oxygen atoms in total. The third kappa shape index (κ3) is 3.65. The Morgan fingerprint density at radius 1 is 1.09 bits per heavy atom. The van der Waals surface area contributed by atoms with Crippen molar-refractivity contribution in [3.05, 3.63) is 95.6 Å². The fourth-order valence-corrected chi connectivity index (χ4v) is 5.41. The Hall–Kier alpha value is -3.67. The molecule has 1 aliphatic carbocycles. The predicted molar refractivity (Wildman–Crippen MR) is 124 cm³/mol. The molecule has 1 saturated heterocycles. The van der Waals surface area contributed by atoms with Crippen molar-refractivity contribution in [3.8, 4) is 5.88 Å². The number of hydrogen-bond donors (Lipinski definition) is 1. The molecule has 33 heavy (non-hydrogen) atoms. The number of carbonyl (C=O) groups excluding carboxylic acids is 1. The molecule has 6 heteroatoms. The maximum Gasteiger partial charge on any atom is 0.227 e. The Kier molecular flexibility index (Phi) is 4.86. The van der Waals surface area contributed by atoms with Gasteiger partial charge >= 0.3 is 0 Å². The molecule has 3 heterocycles. The van der Waals surface area contributed by atoms with Gasteiger partial charge in [-0.1, -0.05) is 36.4 Å². The van der Waals surface area contributed by atoms with Crippen LogP contribution in [0.3, 0.4) is 0 Å². The molecular weight excluding hydrogens is 417 g/mol. The summed E-state index contributed by atoms with van der Waals surface area (Å²) < 4.78 is 19.7. The summed E-state index contributed by atoms with van der Waals surface area (Å²) in [6.07, 6.45) is 3.42. The minimum Gasteiger partial charge on any atom is -0.472 e. The van der Waals surface area contributed by atoms with Crippen molar-refractivity contribution in [2.75, 3.05) is 6.54 Å². The van der Waals surface area contributed by atoms with Crippen molar-refractivity contribution in [1.29, 1.82) is 0 Å². The van der Waals surface area contributed by atoms with Crippen molar-refractivity contribution in [1.82, 2.24) is 14.9 Å². The highest BCUT2D eigenvalue weighted by molar-refractivity contribution is 5.86. The zero-order valence-corrected chi connectivity index (χ0v) is 18.1. The number of carbonyl (C=O) groups is 1. The number of hydrogen-bond acceptors (Lipinski definition) is 3. The van der Waals surface area contributed by atoms with Crippen molar-refractivity contribution in [2.24, 2.45) is 0 Å². The molecule has 1 aliphatic heterocycles. The third-order valence-electron chi connectivity index (χ3n) is 6.95. The average molecular weight is 442 g/mol. The minimum atomic E-state index is -0.296. The van der Waals surface area contributed by atoms with Crippen molar-refractivity contribution >= 4 is 16.8 Å². The number of H-pyrrole nitrogens is 1. The predicted octanol–water partition coefficient (Wildman–Crippen LogP) is 4.63. The molecule has 2 aliphatic rings. The summed E-state index contributed by atoms with van der Waals surface area (Å²) in [6, 6.07) is 20.2. The van der Waals surface area contributed by atoms with Crippen LogP contribution in [0.2, 0.25) is 0 Å². The molecule has 0 radical (unpaired) electrons. The summed E-state index contributed by atoms with van der Waals surface area (Å²) in [5.41, 5.74) is 4.44. The molecule has 3 atom stereocenters. The van der Waals surface area contributed by atoms with Crippen LogP contribution >= 0.6 is 0 Å². The van der Waals surface area contributed by atoms with E-state index < -0.39 is 0 Å². The van der Waals surface area contributed by atoms with Gasteiger partial charge in [-0.3, -0.25) is 4.79 Å². The molecule has 0 saturated carbocycles. The van der Waals surface area contributed by atoms with E-state index in [0.717, 1.165) is 23.9 Å². The van der Waals surface area contributed by atoms with Crippen molar-refractivity contribution in [3.63, 3.8) is 0 Å². The van der Waals surface area contributed by atoms with Crippen molar-refractivity contribution in [2.45, 2.75) is 37.3 Å². The maximum absolute atomic E-state index is 13.4. The average Bonchev–Trinajstić information content (AvgIpc) is 3.21. The number of benzene rings is 2. The number of fused-ring (bicyclic) bond motifs is 6. The summed E-state index contributed by atoms with van der Waals surface area (Å²) >= 11 is 0. The van der Waals surface area contributed by atoms with Crippen LogP contribution in [-0.2, 0) is 17.6 Å². The summed E-state index contributed by atoms with van der Waals surface area (Å²) in [6.45, 7) is 0.501. The largest absolute Gasteiger partial charge is 0.472 e. The lowest BCUT2D eigenvalue weighted by atomic mass is 9.76. The van der Waals surface area contributed by atoms with Crippen molar-refractivity contribution < 1.29 is 13.9 Å². The number of halogens is 1. The molecule has 0 spiro atoms. The molecule has 6 rings (SSSR count). The molecule has 1 fully saturated rings. The first kappa shape index (κ1) is 20.0. The number of nitrogens with zero attached hydrogens (tertiary/aromatic N) is 2. The van der Waals surface area contributed by atoms with Crippen LogP contribution in [0, 0.1) is 5.82 Å². The zero-order valence-electron chi connectivity index (χ0n) is 18.1. The van der Waals surface area contributed by atoms with Crippen LogP contribution in [0.25, 0.3) is 10.9 Å². The first-order chi connectivity index (χ1) is 16.2. The van der Waals surface area contributed by atoms with Gasteiger partial charge in [0.2, 0.25) is 11.8 Å². The number of para-hydroxylation sites is 1. The maximum atomic E-state index is 13.4. The first-order valence-electron chi connectivity index (χ1n) is 11.4. The number of pyridine rings is 1. The van der Waals surface area contributed by atoms with E-state index in [4.69, 9.17) is 4.74 Å². The van der Waals surface area contributed by atoms with Gasteiger partial charge in [-0.15, -0.1) is 0 Å². The highest BCUT2D eigenvalue weighted by Crippen LogP contribution is 2.43. The second-order valence-electron chi connectivity index (χ2n) is 8.94. The van der Waals surface area contributed by atoms with E-state index >= 15 is 0 Å². The number of aromatic nitrogens is 2. The van der Waals surface area contributed by atoms with E-state index in [1.807, 2.05) is 29.2 Å². The van der Waals surface area contributed by atoms with Gasteiger partial charge in [-0.25, -0.2) is 9.37 Å². The van der Waals surface area contributed by atoms with Gasteiger partial charge in [0.1, 0.15) is 11.9 Å². The van der Waals surface area contributed by atoms with E-state index in [2.05, 4.69) is 28.2 Å². The van der Waals surface area contributed by atoms with Gasteiger partial charge in [-0.05, 0) is 48.2 Å². The molecular formula is C27H24FN3O2. The van der Waals surface area contributed by atoms with Gasteiger partial charge in [0.25, 0.3) is 0 Å². The monoisotopic (exact) mass is 441 g/mol. The van der Waals surface area contributed by atoms with E-state index in [1.54, 1.807) is 18.3 Å². The van der Waals surface area contributed by atoms with E-state index in [-0.39, 0.29) is 36.2 Å². The number of rotatable bonds is 4. The fourth-order valence-electron chi connectivity index (χ4n) is 5.41. The topological polar surface area (TPSA) is 58.2 Å². The van der Waals surface area contributed by atoms with Crippen LogP contribution in [0.15, 0.2) is 72.9 Å². The highest BCUT2D eigenvalue weighted by atomic mass is 19.1. The smallest absolute Gasteiger partial charge is 0.227 e. The van der Waals surface area contributed by atoms with E-state index in [9.17, 15) is 9.18 Å². The Labute approximate surface area is 191 Å². The Morgan fingerprint density at radius 2 is 1.91 bits per heavy atom.